The molecule has 2 aromatic rings. The molecule has 6 rings (SSSR count). The Kier molecular flexibility index (Phi) is 8.58. The van der Waals surface area contributed by atoms with Gasteiger partial charge in [-0.3, -0.25) is 9.69 Å². The molecule has 2 saturated carbocycles. The van der Waals surface area contributed by atoms with Crippen molar-refractivity contribution in [3.63, 3.8) is 0 Å². The second-order valence-corrected chi connectivity index (χ2v) is 11.0. The molecule has 210 valence electrons. The quantitative estimate of drug-likeness (QED) is 0.513. The molecule has 10 nitrogen and oxygen atoms in total. The number of H-pyrrole nitrogens is 1. The Balaban J connectivity index is 0.000000292. The van der Waals surface area contributed by atoms with Crippen molar-refractivity contribution in [2.24, 2.45) is 5.92 Å². The van der Waals surface area contributed by atoms with Crippen LogP contribution in [0.2, 0.25) is 0 Å². The van der Waals surface area contributed by atoms with Crippen LogP contribution in [0.15, 0.2) is 18.2 Å². The number of rotatable bonds is 6. The monoisotopic (exact) mass is 537 g/mol. The van der Waals surface area contributed by atoms with Gasteiger partial charge in [0.2, 0.25) is 5.91 Å². The van der Waals surface area contributed by atoms with Gasteiger partial charge in [-0.15, -0.1) is 0 Å². The Bertz CT molecular complexity index is 1200. The van der Waals surface area contributed by atoms with Crippen LogP contribution in [-0.4, -0.2) is 83.4 Å². The highest BCUT2D eigenvalue weighted by Gasteiger charge is 2.44. The number of hydrogen-bond acceptors (Lipinski definition) is 6. The van der Waals surface area contributed by atoms with Gasteiger partial charge in [-0.2, -0.15) is 5.26 Å². The molecule has 0 spiro atoms. The smallest absolute Gasteiger partial charge is 0.405 e. The van der Waals surface area contributed by atoms with Crippen molar-refractivity contribution in [3.8, 4) is 11.8 Å². The Morgan fingerprint density at radius 2 is 1.95 bits per heavy atom. The minimum atomic E-state index is -1.12. The second kappa shape index (κ2) is 12.3. The Morgan fingerprint density at radius 3 is 2.62 bits per heavy atom. The molecule has 1 saturated heterocycles. The van der Waals surface area contributed by atoms with E-state index in [0.29, 0.717) is 25.4 Å². The number of nitriles is 1. The topological polar surface area (TPSA) is 131 Å². The first-order valence-electron chi connectivity index (χ1n) is 14.2. The number of nitrogens with zero attached hydrogens (tertiary/aromatic N) is 3. The normalized spacial score (nSPS) is 20.7. The molecule has 2 amide bonds. The lowest BCUT2D eigenvalue weighted by Gasteiger charge is -2.32. The van der Waals surface area contributed by atoms with Crippen LogP contribution in [0.4, 0.5) is 4.79 Å². The second-order valence-electron chi connectivity index (χ2n) is 11.0. The summed E-state index contributed by atoms with van der Waals surface area (Å²) in [4.78, 5) is 31.1. The molecule has 0 radical (unpaired) electrons. The molecule has 3 heterocycles. The molecule has 3 fully saturated rings. The first-order valence-corrected chi connectivity index (χ1v) is 14.2. The zero-order chi connectivity index (χ0) is 27.2. The van der Waals surface area contributed by atoms with Crippen LogP contribution in [0.3, 0.4) is 0 Å². The number of aromatic nitrogens is 1. The predicted molar refractivity (Wildman–Crippen MR) is 145 cm³/mol. The molecule has 1 aromatic carbocycles. The number of fused-ring (bicyclic) bond motifs is 3. The number of ether oxygens (including phenoxy) is 2. The standard InChI is InChI=1S/C24H33N3O3.C5H6N2O2/c28-24(18-5-2-1-3-6-18)27-10-9-21-20(17-27)19-7-4-8-22(23(19)25-21)30-16-13-26-11-14-29-15-12-26;6-3-5(1-2-5)7-4(8)9/h4,7-8,18,25H,1-3,5-6,9-17H2;7H,1-2H2,(H,8,9). The average molecular weight is 538 g/mol. The molecular formula is C29H39N5O5. The number of nitrogens with one attached hydrogen (secondary N) is 2. The van der Waals surface area contributed by atoms with Gasteiger partial charge in [-0.1, -0.05) is 31.4 Å². The summed E-state index contributed by atoms with van der Waals surface area (Å²) in [5.74, 6) is 1.53. The maximum absolute atomic E-state index is 13.1. The number of carboxylic acid groups (broad SMARTS) is 1. The van der Waals surface area contributed by atoms with Gasteiger partial charge in [0.05, 0.1) is 24.8 Å². The average Bonchev–Trinajstić information content (AvgIpc) is 3.63. The Morgan fingerprint density at radius 1 is 1.18 bits per heavy atom. The van der Waals surface area contributed by atoms with Crippen molar-refractivity contribution in [1.82, 2.24) is 20.1 Å². The fourth-order valence-corrected chi connectivity index (χ4v) is 5.83. The maximum Gasteiger partial charge on any atom is 0.405 e. The number of benzene rings is 1. The summed E-state index contributed by atoms with van der Waals surface area (Å²) in [6.45, 7) is 6.73. The third-order valence-electron chi connectivity index (χ3n) is 8.32. The highest BCUT2D eigenvalue weighted by Crippen LogP contribution is 2.35. The van der Waals surface area contributed by atoms with Crippen molar-refractivity contribution in [1.29, 1.82) is 5.26 Å². The van der Waals surface area contributed by atoms with Crippen molar-refractivity contribution in [3.05, 3.63) is 29.5 Å². The van der Waals surface area contributed by atoms with Crippen LogP contribution in [0.5, 0.6) is 5.75 Å². The van der Waals surface area contributed by atoms with E-state index in [1.165, 1.54) is 35.9 Å². The summed E-state index contributed by atoms with van der Waals surface area (Å²) < 4.78 is 11.6. The summed E-state index contributed by atoms with van der Waals surface area (Å²) in [7, 11) is 0. The van der Waals surface area contributed by atoms with Crippen molar-refractivity contribution in [2.75, 3.05) is 46.0 Å². The molecule has 2 aliphatic heterocycles. The summed E-state index contributed by atoms with van der Waals surface area (Å²) in [5.41, 5.74) is 2.89. The van der Waals surface area contributed by atoms with Crippen LogP contribution in [0, 0.1) is 17.2 Å². The van der Waals surface area contributed by atoms with E-state index >= 15 is 0 Å². The predicted octanol–water partition coefficient (Wildman–Crippen LogP) is 3.65. The Hall–Kier alpha value is -3.29. The van der Waals surface area contributed by atoms with Gasteiger partial charge >= 0.3 is 6.09 Å². The van der Waals surface area contributed by atoms with Crippen LogP contribution in [0.1, 0.15) is 56.2 Å². The summed E-state index contributed by atoms with van der Waals surface area (Å²) in [6, 6.07) is 8.17. The number of carbonyl (C=O) groups excluding carboxylic acids is 1. The van der Waals surface area contributed by atoms with Gasteiger partial charge in [0.25, 0.3) is 0 Å². The zero-order valence-electron chi connectivity index (χ0n) is 22.5. The van der Waals surface area contributed by atoms with Gasteiger partial charge in [0.1, 0.15) is 17.9 Å². The van der Waals surface area contributed by atoms with Gasteiger partial charge < -0.3 is 29.8 Å². The van der Waals surface area contributed by atoms with E-state index in [0.717, 1.165) is 76.5 Å². The third-order valence-corrected chi connectivity index (χ3v) is 8.32. The van der Waals surface area contributed by atoms with E-state index < -0.39 is 11.6 Å². The summed E-state index contributed by atoms with van der Waals surface area (Å²) >= 11 is 0. The van der Waals surface area contributed by atoms with Gasteiger partial charge in [0, 0.05) is 61.7 Å². The molecule has 3 N–H and O–H groups in total. The molecule has 39 heavy (non-hydrogen) atoms. The SMILES string of the molecule is N#CC1(NC(=O)O)CC1.O=C(C1CCCCC1)N1CCc2[nH]c3c(OCCN4CCOCC4)cccc3c2C1. The fraction of sp³-hybridized carbons (Fsp3) is 0.621. The van der Waals surface area contributed by atoms with Crippen molar-refractivity contribution >= 4 is 22.9 Å². The van der Waals surface area contributed by atoms with Crippen LogP contribution >= 0.6 is 0 Å². The minimum Gasteiger partial charge on any atom is -0.490 e. The van der Waals surface area contributed by atoms with E-state index in [2.05, 4.69) is 38.3 Å². The molecule has 2 aliphatic carbocycles. The van der Waals surface area contributed by atoms with E-state index in [9.17, 15) is 9.59 Å². The van der Waals surface area contributed by atoms with Crippen molar-refractivity contribution in [2.45, 2.75) is 63.5 Å². The summed E-state index contributed by atoms with van der Waals surface area (Å²) in [6.07, 6.45) is 6.90. The molecule has 4 aliphatic rings. The van der Waals surface area contributed by atoms with Gasteiger partial charge in [-0.25, -0.2) is 4.79 Å². The maximum atomic E-state index is 13.1. The van der Waals surface area contributed by atoms with E-state index in [-0.39, 0.29) is 5.92 Å². The number of morpholine rings is 1. The lowest BCUT2D eigenvalue weighted by Crippen LogP contribution is -2.40. The molecular weight excluding hydrogens is 498 g/mol. The first-order chi connectivity index (χ1) is 19.0. The molecule has 1 aromatic heterocycles. The van der Waals surface area contributed by atoms with Crippen molar-refractivity contribution < 1.29 is 24.2 Å². The molecule has 0 bridgehead atoms. The number of hydrogen-bond donors (Lipinski definition) is 3. The van der Waals surface area contributed by atoms with Crippen LogP contribution in [0.25, 0.3) is 10.9 Å². The van der Waals surface area contributed by atoms with Gasteiger partial charge in [-0.05, 0) is 31.7 Å². The highest BCUT2D eigenvalue weighted by atomic mass is 16.5. The van der Waals surface area contributed by atoms with Crippen LogP contribution in [-0.2, 0) is 22.5 Å². The third kappa shape index (κ3) is 6.65. The number of para-hydroxylation sites is 1. The van der Waals surface area contributed by atoms with E-state index in [1.54, 1.807) is 0 Å². The lowest BCUT2D eigenvalue weighted by atomic mass is 9.87. The number of carbonyl (C=O) groups is 2. The number of amides is 2. The highest BCUT2D eigenvalue weighted by molar-refractivity contribution is 5.90. The summed E-state index contributed by atoms with van der Waals surface area (Å²) in [5, 5.41) is 19.8. The minimum absolute atomic E-state index is 0.240. The van der Waals surface area contributed by atoms with Gasteiger partial charge in [0.15, 0.2) is 0 Å². The van der Waals surface area contributed by atoms with Crippen LogP contribution < -0.4 is 10.1 Å². The Labute approximate surface area is 229 Å². The molecule has 0 unspecified atom stereocenters. The first kappa shape index (κ1) is 27.3. The number of aromatic amines is 1. The fourth-order valence-electron chi connectivity index (χ4n) is 5.83. The lowest BCUT2D eigenvalue weighted by molar-refractivity contribution is -0.137. The van der Waals surface area contributed by atoms with E-state index in [4.69, 9.17) is 19.8 Å². The largest absolute Gasteiger partial charge is 0.490 e. The molecule has 0 atom stereocenters. The molecule has 10 heteroatoms. The zero-order valence-corrected chi connectivity index (χ0v) is 22.5. The van der Waals surface area contributed by atoms with E-state index in [1.807, 2.05) is 6.07 Å².